The van der Waals surface area contributed by atoms with Gasteiger partial charge in [0.1, 0.15) is 0 Å². The quantitative estimate of drug-likeness (QED) is 0.367. The minimum atomic E-state index is -0.242. The van der Waals surface area contributed by atoms with Crippen LogP contribution < -0.4 is 5.46 Å². The summed E-state index contributed by atoms with van der Waals surface area (Å²) in [5, 5.41) is 2.53. The second-order valence-electron chi connectivity index (χ2n) is 7.97. The highest BCUT2D eigenvalue weighted by atomic mass is 16.6. The summed E-state index contributed by atoms with van der Waals surface area (Å²) in [6, 6.07) is 34.5. The van der Waals surface area contributed by atoms with Crippen molar-refractivity contribution in [2.75, 3.05) is 13.2 Å². The Morgan fingerprint density at radius 2 is 1.29 bits per heavy atom. The summed E-state index contributed by atoms with van der Waals surface area (Å²) >= 11 is 0. The van der Waals surface area contributed by atoms with E-state index >= 15 is 0 Å². The van der Waals surface area contributed by atoms with Crippen molar-refractivity contribution in [1.82, 2.24) is 4.57 Å². The molecule has 0 atom stereocenters. The van der Waals surface area contributed by atoms with Crippen LogP contribution in [0.4, 0.5) is 0 Å². The fourth-order valence-corrected chi connectivity index (χ4v) is 4.52. The lowest BCUT2D eigenvalue weighted by Crippen LogP contribution is -2.40. The predicted octanol–water partition coefficient (Wildman–Crippen LogP) is 5.58. The number of nitrogens with zero attached hydrogens (tertiary/aromatic N) is 1. The van der Waals surface area contributed by atoms with Crippen molar-refractivity contribution in [2.24, 2.45) is 0 Å². The first-order valence-corrected chi connectivity index (χ1v) is 10.8. The number of benzene rings is 4. The Hall–Kier alpha value is -3.34. The molecule has 0 saturated carbocycles. The van der Waals surface area contributed by atoms with Gasteiger partial charge in [0.2, 0.25) is 0 Å². The van der Waals surface area contributed by atoms with E-state index in [1.807, 2.05) is 0 Å². The van der Waals surface area contributed by atoms with Crippen LogP contribution in [0.15, 0.2) is 97.1 Å². The van der Waals surface area contributed by atoms with E-state index in [2.05, 4.69) is 102 Å². The van der Waals surface area contributed by atoms with Crippen molar-refractivity contribution in [3.05, 3.63) is 97.1 Å². The zero-order valence-corrected chi connectivity index (χ0v) is 17.2. The molecule has 150 valence electrons. The van der Waals surface area contributed by atoms with Crippen LogP contribution in [0.5, 0.6) is 0 Å². The summed E-state index contributed by atoms with van der Waals surface area (Å²) in [7, 11) is -0.242. The maximum atomic E-state index is 5.74. The molecule has 1 fully saturated rings. The molecule has 4 heteroatoms. The van der Waals surface area contributed by atoms with Crippen molar-refractivity contribution in [2.45, 2.75) is 6.42 Å². The molecule has 5 aromatic rings. The van der Waals surface area contributed by atoms with Gasteiger partial charge in [0, 0.05) is 29.7 Å². The monoisotopic (exact) mass is 403 g/mol. The van der Waals surface area contributed by atoms with Crippen molar-refractivity contribution in [1.29, 1.82) is 0 Å². The second kappa shape index (κ2) is 7.73. The summed E-state index contributed by atoms with van der Waals surface area (Å²) in [5.74, 6) is 0. The van der Waals surface area contributed by atoms with Crippen LogP contribution >= 0.6 is 0 Å². The molecule has 2 heterocycles. The van der Waals surface area contributed by atoms with Crippen molar-refractivity contribution >= 4 is 34.4 Å². The average molecular weight is 403 g/mol. The third-order valence-electron chi connectivity index (χ3n) is 6.03. The lowest BCUT2D eigenvalue weighted by atomic mass is 9.77. The lowest BCUT2D eigenvalue weighted by molar-refractivity contribution is 0.143. The van der Waals surface area contributed by atoms with Crippen LogP contribution in [0.25, 0.3) is 38.6 Å². The first kappa shape index (κ1) is 18.4. The minimum Gasteiger partial charge on any atom is -0.407 e. The van der Waals surface area contributed by atoms with E-state index in [4.69, 9.17) is 9.31 Å². The zero-order chi connectivity index (χ0) is 20.6. The summed E-state index contributed by atoms with van der Waals surface area (Å²) in [4.78, 5) is 0. The van der Waals surface area contributed by atoms with Crippen LogP contribution in [-0.2, 0) is 9.31 Å². The molecule has 1 aliphatic heterocycles. The normalized spacial score (nSPS) is 14.4. The van der Waals surface area contributed by atoms with Crippen LogP contribution in [0, 0.1) is 0 Å². The molecule has 0 amide bonds. The fourth-order valence-electron chi connectivity index (χ4n) is 4.52. The van der Waals surface area contributed by atoms with E-state index in [9.17, 15) is 0 Å². The van der Waals surface area contributed by atoms with E-state index in [1.54, 1.807) is 0 Å². The molecule has 0 spiro atoms. The Morgan fingerprint density at radius 3 is 2.10 bits per heavy atom. The van der Waals surface area contributed by atoms with Gasteiger partial charge in [0.25, 0.3) is 0 Å². The molecule has 0 bridgehead atoms. The van der Waals surface area contributed by atoms with Gasteiger partial charge in [-0.3, -0.25) is 0 Å². The molecule has 3 nitrogen and oxygen atoms in total. The number of hydrogen-bond acceptors (Lipinski definition) is 2. The molecule has 0 aliphatic carbocycles. The maximum absolute atomic E-state index is 5.74. The minimum absolute atomic E-state index is 0.242. The number of aromatic nitrogens is 1. The number of fused-ring (bicyclic) bond motifs is 3. The van der Waals surface area contributed by atoms with Gasteiger partial charge >= 0.3 is 7.12 Å². The average Bonchev–Trinajstić information content (AvgIpc) is 3.19. The van der Waals surface area contributed by atoms with Gasteiger partial charge in [0.15, 0.2) is 0 Å². The van der Waals surface area contributed by atoms with Crippen LogP contribution in [-0.4, -0.2) is 24.9 Å². The molecular formula is C27H22BNO2. The number of hydrogen-bond donors (Lipinski definition) is 0. The summed E-state index contributed by atoms with van der Waals surface area (Å²) in [6.07, 6.45) is 0.963. The van der Waals surface area contributed by atoms with Gasteiger partial charge in [-0.1, -0.05) is 66.7 Å². The Balaban J connectivity index is 1.45. The van der Waals surface area contributed by atoms with Crippen molar-refractivity contribution in [3.8, 4) is 16.8 Å². The molecule has 4 aromatic carbocycles. The zero-order valence-electron chi connectivity index (χ0n) is 17.2. The number of para-hydroxylation sites is 2. The van der Waals surface area contributed by atoms with E-state index < -0.39 is 0 Å². The van der Waals surface area contributed by atoms with Crippen LogP contribution in [0.2, 0.25) is 0 Å². The van der Waals surface area contributed by atoms with Crippen LogP contribution in [0.1, 0.15) is 6.42 Å². The molecule has 1 saturated heterocycles. The molecule has 1 aromatic heterocycles. The molecule has 0 radical (unpaired) electrons. The highest BCUT2D eigenvalue weighted by Gasteiger charge is 2.24. The Labute approximate surface area is 182 Å². The van der Waals surface area contributed by atoms with Gasteiger partial charge in [-0.15, -0.1) is 0 Å². The van der Waals surface area contributed by atoms with Gasteiger partial charge in [0.05, 0.1) is 11.0 Å². The highest BCUT2D eigenvalue weighted by molar-refractivity contribution is 6.61. The SMILES string of the molecule is c1ccc(-n2c3ccccc3c3cc(-c4ccc(B5OCCCO5)cc4)ccc32)cc1. The Morgan fingerprint density at radius 1 is 0.613 bits per heavy atom. The topological polar surface area (TPSA) is 23.4 Å². The molecule has 6 rings (SSSR count). The third-order valence-corrected chi connectivity index (χ3v) is 6.03. The molecule has 0 N–H and O–H groups in total. The van der Waals surface area contributed by atoms with Gasteiger partial charge in [-0.2, -0.15) is 0 Å². The lowest BCUT2D eigenvalue weighted by Gasteiger charge is -2.20. The molecule has 0 unspecified atom stereocenters. The highest BCUT2D eigenvalue weighted by Crippen LogP contribution is 2.34. The standard InChI is InChI=1S/C27H22BNO2/c1-2-7-23(8-3-1)29-26-10-5-4-9-24(26)25-19-21(13-16-27(25)29)20-11-14-22(15-12-20)28-30-17-6-18-31-28/h1-5,7-16,19H,6,17-18H2. The number of rotatable bonds is 3. The maximum Gasteiger partial charge on any atom is 0.493 e. The van der Waals surface area contributed by atoms with Gasteiger partial charge in [-0.25, -0.2) is 0 Å². The van der Waals surface area contributed by atoms with E-state index in [-0.39, 0.29) is 7.12 Å². The summed E-state index contributed by atoms with van der Waals surface area (Å²) in [6.45, 7) is 1.52. The summed E-state index contributed by atoms with van der Waals surface area (Å²) in [5.41, 5.74) is 7.10. The molecular weight excluding hydrogens is 381 g/mol. The largest absolute Gasteiger partial charge is 0.493 e. The second-order valence-corrected chi connectivity index (χ2v) is 7.97. The van der Waals surface area contributed by atoms with Gasteiger partial charge < -0.3 is 13.9 Å². The van der Waals surface area contributed by atoms with E-state index in [0.717, 1.165) is 25.1 Å². The summed E-state index contributed by atoms with van der Waals surface area (Å²) < 4.78 is 13.8. The predicted molar refractivity (Wildman–Crippen MR) is 128 cm³/mol. The van der Waals surface area contributed by atoms with E-state index in [0.29, 0.717) is 0 Å². The van der Waals surface area contributed by atoms with E-state index in [1.165, 1.54) is 38.6 Å². The smallest absolute Gasteiger partial charge is 0.407 e. The third kappa shape index (κ3) is 3.25. The molecule has 31 heavy (non-hydrogen) atoms. The van der Waals surface area contributed by atoms with Crippen molar-refractivity contribution < 1.29 is 9.31 Å². The first-order valence-electron chi connectivity index (χ1n) is 10.8. The Kier molecular flexibility index (Phi) is 4.60. The van der Waals surface area contributed by atoms with Gasteiger partial charge in [-0.05, 0) is 53.3 Å². The first-order chi connectivity index (χ1) is 15.4. The fraction of sp³-hybridized carbons (Fsp3) is 0.111. The molecule has 1 aliphatic rings. The Bertz CT molecular complexity index is 1350. The van der Waals surface area contributed by atoms with Crippen molar-refractivity contribution in [3.63, 3.8) is 0 Å². The van der Waals surface area contributed by atoms with Crippen LogP contribution in [0.3, 0.4) is 0 Å².